The highest BCUT2D eigenvalue weighted by Gasteiger charge is 2.28. The fraction of sp³-hybridized carbons (Fsp3) is 0.923. The molecule has 0 spiro atoms. The molecule has 1 amide bonds. The number of rotatable bonds is 5. The second-order valence-electron chi connectivity index (χ2n) is 5.56. The Balaban J connectivity index is 2.53. The molecule has 1 rings (SSSR count). The number of aliphatic hydroxyl groups excluding tert-OH is 1. The van der Waals surface area contributed by atoms with Gasteiger partial charge in [-0.3, -0.25) is 0 Å². The first-order valence-electron chi connectivity index (χ1n) is 6.72. The van der Waals surface area contributed by atoms with Crippen molar-refractivity contribution >= 4 is 6.09 Å². The lowest BCUT2D eigenvalue weighted by molar-refractivity contribution is 0.104. The van der Waals surface area contributed by atoms with Crippen molar-refractivity contribution in [3.05, 3.63) is 0 Å². The van der Waals surface area contributed by atoms with Crippen LogP contribution in [0.2, 0.25) is 0 Å². The number of carbonyl (C=O) groups excluding carboxylic acids is 1. The van der Waals surface area contributed by atoms with Crippen LogP contribution < -0.4 is 5.32 Å². The Morgan fingerprint density at radius 1 is 1.50 bits per heavy atom. The van der Waals surface area contributed by atoms with Crippen LogP contribution in [0.15, 0.2) is 0 Å². The summed E-state index contributed by atoms with van der Waals surface area (Å²) in [5.74, 6) is 1.06. The SMILES string of the molecule is COC(=O)NC1CC(CCO)CN(CC(C)C)C1. The molecular weight excluding hydrogens is 232 g/mol. The molecule has 1 saturated heterocycles. The van der Waals surface area contributed by atoms with E-state index in [-0.39, 0.29) is 18.7 Å². The molecule has 106 valence electrons. The van der Waals surface area contributed by atoms with Crippen LogP contribution in [0, 0.1) is 11.8 Å². The molecular formula is C13H26N2O3. The predicted octanol–water partition coefficient (Wildman–Crippen LogP) is 1.07. The molecule has 18 heavy (non-hydrogen) atoms. The van der Waals surface area contributed by atoms with Gasteiger partial charge >= 0.3 is 6.09 Å². The second kappa shape index (κ2) is 7.59. The van der Waals surface area contributed by atoms with Gasteiger partial charge in [0, 0.05) is 32.3 Å². The van der Waals surface area contributed by atoms with Crippen molar-refractivity contribution < 1.29 is 14.6 Å². The molecule has 0 bridgehead atoms. The fourth-order valence-corrected chi connectivity index (χ4v) is 2.69. The monoisotopic (exact) mass is 258 g/mol. The highest BCUT2D eigenvalue weighted by atomic mass is 16.5. The third-order valence-electron chi connectivity index (χ3n) is 3.28. The lowest BCUT2D eigenvalue weighted by Gasteiger charge is -2.38. The predicted molar refractivity (Wildman–Crippen MR) is 70.4 cm³/mol. The first-order valence-corrected chi connectivity index (χ1v) is 6.72. The average Bonchev–Trinajstić information content (AvgIpc) is 2.28. The van der Waals surface area contributed by atoms with Gasteiger partial charge in [-0.25, -0.2) is 4.79 Å². The lowest BCUT2D eigenvalue weighted by Crippen LogP contribution is -2.51. The number of nitrogens with one attached hydrogen (secondary N) is 1. The van der Waals surface area contributed by atoms with Crippen molar-refractivity contribution in [2.24, 2.45) is 11.8 Å². The molecule has 0 aromatic carbocycles. The van der Waals surface area contributed by atoms with Crippen LogP contribution in [-0.2, 0) is 4.74 Å². The minimum atomic E-state index is -0.367. The zero-order chi connectivity index (χ0) is 13.5. The Kier molecular flexibility index (Phi) is 6.43. The van der Waals surface area contributed by atoms with Crippen LogP contribution in [0.25, 0.3) is 0 Å². The van der Waals surface area contributed by atoms with Gasteiger partial charge in [-0.05, 0) is 24.7 Å². The van der Waals surface area contributed by atoms with E-state index in [9.17, 15) is 4.79 Å². The molecule has 0 radical (unpaired) electrons. The molecule has 1 aliphatic rings. The summed E-state index contributed by atoms with van der Waals surface area (Å²) in [6.07, 6.45) is 1.35. The summed E-state index contributed by atoms with van der Waals surface area (Å²) in [6.45, 7) is 7.51. The number of likely N-dealkylation sites (tertiary alicyclic amines) is 1. The summed E-state index contributed by atoms with van der Waals surface area (Å²) in [6, 6.07) is 0.126. The van der Waals surface area contributed by atoms with E-state index in [1.807, 2.05) is 0 Å². The van der Waals surface area contributed by atoms with Crippen LogP contribution in [0.5, 0.6) is 0 Å². The van der Waals surface area contributed by atoms with Gasteiger partial charge in [0.1, 0.15) is 0 Å². The van der Waals surface area contributed by atoms with E-state index >= 15 is 0 Å². The molecule has 5 heteroatoms. The number of alkyl carbamates (subject to hydrolysis) is 1. The molecule has 1 aliphatic heterocycles. The highest BCUT2D eigenvalue weighted by molar-refractivity contribution is 5.67. The molecule has 2 unspecified atom stereocenters. The van der Waals surface area contributed by atoms with Gasteiger partial charge in [0.2, 0.25) is 0 Å². The summed E-state index contributed by atoms with van der Waals surface area (Å²) >= 11 is 0. The largest absolute Gasteiger partial charge is 0.453 e. The van der Waals surface area contributed by atoms with Crippen molar-refractivity contribution in [2.75, 3.05) is 33.4 Å². The first kappa shape index (κ1) is 15.2. The van der Waals surface area contributed by atoms with E-state index in [1.165, 1.54) is 7.11 Å². The van der Waals surface area contributed by atoms with Crippen molar-refractivity contribution in [3.63, 3.8) is 0 Å². The zero-order valence-corrected chi connectivity index (χ0v) is 11.7. The summed E-state index contributed by atoms with van der Waals surface area (Å²) in [5.41, 5.74) is 0. The number of carbonyl (C=O) groups is 1. The van der Waals surface area contributed by atoms with Gasteiger partial charge in [0.15, 0.2) is 0 Å². The van der Waals surface area contributed by atoms with Crippen molar-refractivity contribution in [3.8, 4) is 0 Å². The molecule has 2 atom stereocenters. The second-order valence-corrected chi connectivity index (χ2v) is 5.56. The Hall–Kier alpha value is -0.810. The maximum Gasteiger partial charge on any atom is 0.407 e. The molecule has 0 saturated carbocycles. The molecule has 1 fully saturated rings. The standard InChI is InChI=1S/C13H26N2O3/c1-10(2)7-15-8-11(4-5-16)6-12(9-15)14-13(17)18-3/h10-12,16H,4-9H2,1-3H3,(H,14,17). The molecule has 2 N–H and O–H groups in total. The number of nitrogens with zero attached hydrogens (tertiary/aromatic N) is 1. The summed E-state index contributed by atoms with van der Waals surface area (Å²) in [4.78, 5) is 13.6. The molecule has 0 aliphatic carbocycles. The number of methoxy groups -OCH3 is 1. The third-order valence-corrected chi connectivity index (χ3v) is 3.28. The van der Waals surface area contributed by atoms with E-state index < -0.39 is 0 Å². The van der Waals surface area contributed by atoms with Crippen LogP contribution in [-0.4, -0.2) is 55.5 Å². The number of hydrogen-bond donors (Lipinski definition) is 2. The fourth-order valence-electron chi connectivity index (χ4n) is 2.69. The number of hydrogen-bond acceptors (Lipinski definition) is 4. The minimum absolute atomic E-state index is 0.126. The van der Waals surface area contributed by atoms with Crippen LogP contribution in [0.1, 0.15) is 26.7 Å². The van der Waals surface area contributed by atoms with Gasteiger partial charge in [-0.1, -0.05) is 13.8 Å². The van der Waals surface area contributed by atoms with E-state index in [2.05, 4.69) is 28.8 Å². The Labute approximate surface area is 109 Å². The summed E-state index contributed by atoms with van der Waals surface area (Å²) in [7, 11) is 1.38. The number of piperidine rings is 1. The number of ether oxygens (including phenoxy) is 1. The lowest BCUT2D eigenvalue weighted by atomic mass is 9.91. The van der Waals surface area contributed by atoms with Crippen molar-refractivity contribution in [1.82, 2.24) is 10.2 Å². The van der Waals surface area contributed by atoms with Crippen LogP contribution in [0.3, 0.4) is 0 Å². The molecule has 0 aromatic rings. The topological polar surface area (TPSA) is 61.8 Å². The average molecular weight is 258 g/mol. The highest BCUT2D eigenvalue weighted by Crippen LogP contribution is 2.20. The van der Waals surface area contributed by atoms with Gasteiger partial charge < -0.3 is 20.1 Å². The Morgan fingerprint density at radius 3 is 2.78 bits per heavy atom. The molecule has 0 aromatic heterocycles. The number of aliphatic hydroxyl groups is 1. The van der Waals surface area contributed by atoms with Gasteiger partial charge in [-0.2, -0.15) is 0 Å². The van der Waals surface area contributed by atoms with Crippen LogP contribution >= 0.6 is 0 Å². The van der Waals surface area contributed by atoms with Crippen LogP contribution in [0.4, 0.5) is 4.79 Å². The maximum absolute atomic E-state index is 11.3. The quantitative estimate of drug-likeness (QED) is 0.774. The van der Waals surface area contributed by atoms with Crippen molar-refractivity contribution in [1.29, 1.82) is 0 Å². The van der Waals surface area contributed by atoms with Gasteiger partial charge in [0.25, 0.3) is 0 Å². The minimum Gasteiger partial charge on any atom is -0.453 e. The molecule has 1 heterocycles. The van der Waals surface area contributed by atoms with E-state index in [1.54, 1.807) is 0 Å². The maximum atomic E-state index is 11.3. The zero-order valence-electron chi connectivity index (χ0n) is 11.7. The van der Waals surface area contributed by atoms with Gasteiger partial charge in [0.05, 0.1) is 7.11 Å². The van der Waals surface area contributed by atoms with E-state index in [0.717, 1.165) is 32.5 Å². The van der Waals surface area contributed by atoms with Crippen molar-refractivity contribution in [2.45, 2.75) is 32.7 Å². The van der Waals surface area contributed by atoms with Gasteiger partial charge in [-0.15, -0.1) is 0 Å². The smallest absolute Gasteiger partial charge is 0.407 e. The Bertz CT molecular complexity index is 259. The van der Waals surface area contributed by atoms with E-state index in [0.29, 0.717) is 11.8 Å². The molecule has 5 nitrogen and oxygen atoms in total. The Morgan fingerprint density at radius 2 is 2.22 bits per heavy atom. The first-order chi connectivity index (χ1) is 8.55. The normalized spacial score (nSPS) is 25.2. The summed E-state index contributed by atoms with van der Waals surface area (Å²) in [5, 5.41) is 11.9. The number of amides is 1. The summed E-state index contributed by atoms with van der Waals surface area (Å²) < 4.78 is 4.65. The van der Waals surface area contributed by atoms with E-state index in [4.69, 9.17) is 5.11 Å². The third kappa shape index (κ3) is 5.23.